The highest BCUT2D eigenvalue weighted by Crippen LogP contribution is 2.26. The standard InChI is InChI=1S/C26H34N4O5/c1-4-6-12-29(13-7-5-2)24(32)18-30-22-16-20(34-3)9-10-21(22)25(28-30)26(33)19-8-11-23(27-17-19)35-15-14-31/h8-11,16-17,31H,4-7,12-15,18H2,1-3H3. The van der Waals surface area contributed by atoms with Gasteiger partial charge in [0.15, 0.2) is 0 Å². The minimum Gasteiger partial charge on any atom is -0.497 e. The second-order valence-electron chi connectivity index (χ2n) is 8.26. The van der Waals surface area contributed by atoms with Gasteiger partial charge in [0, 0.05) is 42.4 Å². The van der Waals surface area contributed by atoms with Gasteiger partial charge in [0.25, 0.3) is 0 Å². The minimum atomic E-state index is -0.304. The van der Waals surface area contributed by atoms with E-state index in [0.29, 0.717) is 41.2 Å². The maximum atomic E-state index is 13.3. The van der Waals surface area contributed by atoms with Gasteiger partial charge in [-0.25, -0.2) is 4.98 Å². The number of carbonyl (C=O) groups is 2. The summed E-state index contributed by atoms with van der Waals surface area (Å²) in [6, 6.07) is 8.53. The molecule has 0 radical (unpaired) electrons. The summed E-state index contributed by atoms with van der Waals surface area (Å²) < 4.78 is 12.2. The van der Waals surface area contributed by atoms with Crippen LogP contribution in [0.3, 0.4) is 0 Å². The van der Waals surface area contributed by atoms with Crippen molar-refractivity contribution in [2.24, 2.45) is 0 Å². The molecular weight excluding hydrogens is 448 g/mol. The number of aromatic nitrogens is 3. The number of ketones is 1. The van der Waals surface area contributed by atoms with Gasteiger partial charge in [-0.05, 0) is 31.0 Å². The van der Waals surface area contributed by atoms with Crippen LogP contribution >= 0.6 is 0 Å². The number of nitrogens with zero attached hydrogens (tertiary/aromatic N) is 4. The van der Waals surface area contributed by atoms with E-state index in [-0.39, 0.29) is 37.1 Å². The zero-order chi connectivity index (χ0) is 25.2. The Kier molecular flexibility index (Phi) is 9.60. The summed E-state index contributed by atoms with van der Waals surface area (Å²) in [6.45, 7) is 5.67. The fourth-order valence-electron chi connectivity index (χ4n) is 3.74. The second-order valence-corrected chi connectivity index (χ2v) is 8.26. The molecule has 0 bridgehead atoms. The lowest BCUT2D eigenvalue weighted by Crippen LogP contribution is -2.35. The first-order valence-corrected chi connectivity index (χ1v) is 12.1. The average Bonchev–Trinajstić information content (AvgIpc) is 3.24. The van der Waals surface area contributed by atoms with E-state index in [1.54, 1.807) is 42.1 Å². The molecule has 0 atom stereocenters. The Balaban J connectivity index is 1.92. The highest BCUT2D eigenvalue weighted by Gasteiger charge is 2.22. The summed E-state index contributed by atoms with van der Waals surface area (Å²) in [4.78, 5) is 32.6. The summed E-state index contributed by atoms with van der Waals surface area (Å²) in [5.41, 5.74) is 1.25. The highest BCUT2D eigenvalue weighted by molar-refractivity contribution is 6.15. The van der Waals surface area contributed by atoms with Crippen LogP contribution in [-0.4, -0.2) is 69.9 Å². The maximum absolute atomic E-state index is 13.3. The van der Waals surface area contributed by atoms with E-state index in [0.717, 1.165) is 25.7 Å². The molecule has 3 aromatic rings. The SMILES string of the molecule is CCCCN(CCCC)C(=O)Cn1nc(C(=O)c2ccc(OCCO)nc2)c2ccc(OC)cc21. The van der Waals surface area contributed by atoms with Gasteiger partial charge in [-0.1, -0.05) is 26.7 Å². The largest absolute Gasteiger partial charge is 0.497 e. The lowest BCUT2D eigenvalue weighted by Gasteiger charge is -2.22. The number of aliphatic hydroxyl groups is 1. The first-order valence-electron chi connectivity index (χ1n) is 12.1. The Morgan fingerprint density at radius 2 is 1.83 bits per heavy atom. The molecule has 0 aliphatic carbocycles. The smallest absolute Gasteiger partial charge is 0.244 e. The maximum Gasteiger partial charge on any atom is 0.244 e. The second kappa shape index (κ2) is 12.9. The van der Waals surface area contributed by atoms with Gasteiger partial charge in [-0.15, -0.1) is 0 Å². The number of carbonyl (C=O) groups excluding carboxylic acids is 2. The van der Waals surface area contributed by atoms with Gasteiger partial charge in [-0.3, -0.25) is 14.3 Å². The number of hydrogen-bond donors (Lipinski definition) is 1. The van der Waals surface area contributed by atoms with Crippen molar-refractivity contribution in [3.63, 3.8) is 0 Å². The molecular formula is C26H34N4O5. The molecule has 0 saturated carbocycles. The van der Waals surface area contributed by atoms with Gasteiger partial charge in [0.1, 0.15) is 24.6 Å². The number of fused-ring (bicyclic) bond motifs is 1. The van der Waals surface area contributed by atoms with Crippen LogP contribution in [0.25, 0.3) is 10.9 Å². The van der Waals surface area contributed by atoms with Crippen molar-refractivity contribution < 1.29 is 24.2 Å². The summed E-state index contributed by atoms with van der Waals surface area (Å²) in [5, 5.41) is 14.1. The van der Waals surface area contributed by atoms with E-state index in [4.69, 9.17) is 14.6 Å². The van der Waals surface area contributed by atoms with Crippen LogP contribution in [0, 0.1) is 0 Å². The molecule has 1 N–H and O–H groups in total. The lowest BCUT2D eigenvalue weighted by molar-refractivity contribution is -0.132. The third-order valence-electron chi connectivity index (χ3n) is 5.71. The van der Waals surface area contributed by atoms with Crippen molar-refractivity contribution in [3.8, 4) is 11.6 Å². The van der Waals surface area contributed by atoms with Crippen LogP contribution in [0.15, 0.2) is 36.5 Å². The topological polar surface area (TPSA) is 107 Å². The number of methoxy groups -OCH3 is 1. The molecule has 0 aliphatic heterocycles. The van der Waals surface area contributed by atoms with E-state index in [9.17, 15) is 9.59 Å². The summed E-state index contributed by atoms with van der Waals surface area (Å²) in [7, 11) is 1.57. The molecule has 0 fully saturated rings. The van der Waals surface area contributed by atoms with Crippen LogP contribution in [0.4, 0.5) is 0 Å². The number of unbranched alkanes of at least 4 members (excludes halogenated alkanes) is 2. The van der Waals surface area contributed by atoms with Gasteiger partial charge in [-0.2, -0.15) is 5.10 Å². The molecule has 0 spiro atoms. The molecule has 9 nitrogen and oxygen atoms in total. The van der Waals surface area contributed by atoms with E-state index < -0.39 is 0 Å². The van der Waals surface area contributed by atoms with Crippen LogP contribution in [-0.2, 0) is 11.3 Å². The van der Waals surface area contributed by atoms with Crippen molar-refractivity contribution in [3.05, 3.63) is 47.8 Å². The lowest BCUT2D eigenvalue weighted by atomic mass is 10.1. The average molecular weight is 483 g/mol. The van der Waals surface area contributed by atoms with Crippen molar-refractivity contribution in [1.82, 2.24) is 19.7 Å². The van der Waals surface area contributed by atoms with Crippen molar-refractivity contribution >= 4 is 22.6 Å². The molecule has 0 saturated heterocycles. The first-order chi connectivity index (χ1) is 17.0. The minimum absolute atomic E-state index is 0.0230. The Hall–Kier alpha value is -3.46. The van der Waals surface area contributed by atoms with Gasteiger partial charge in [0.05, 0.1) is 19.2 Å². The Labute approximate surface area is 205 Å². The van der Waals surface area contributed by atoms with Crippen LogP contribution in [0.1, 0.15) is 55.6 Å². The summed E-state index contributed by atoms with van der Waals surface area (Å²) in [5.74, 6) is 0.609. The number of benzene rings is 1. The number of ether oxygens (including phenoxy) is 2. The van der Waals surface area contributed by atoms with Gasteiger partial charge in [0.2, 0.25) is 17.6 Å². The molecule has 35 heavy (non-hydrogen) atoms. The molecule has 2 heterocycles. The Morgan fingerprint density at radius 1 is 1.09 bits per heavy atom. The third kappa shape index (κ3) is 6.57. The highest BCUT2D eigenvalue weighted by atomic mass is 16.5. The molecule has 3 rings (SSSR count). The first kappa shape index (κ1) is 26.2. The summed E-state index contributed by atoms with van der Waals surface area (Å²) >= 11 is 0. The fourth-order valence-corrected chi connectivity index (χ4v) is 3.74. The number of aliphatic hydroxyl groups excluding tert-OH is 1. The Morgan fingerprint density at radius 3 is 2.43 bits per heavy atom. The third-order valence-corrected chi connectivity index (χ3v) is 5.71. The number of hydrogen-bond acceptors (Lipinski definition) is 7. The zero-order valence-corrected chi connectivity index (χ0v) is 20.7. The quantitative estimate of drug-likeness (QED) is 0.351. The molecule has 2 aromatic heterocycles. The van der Waals surface area contributed by atoms with E-state index in [2.05, 4.69) is 23.9 Å². The molecule has 0 aliphatic rings. The number of pyridine rings is 1. The monoisotopic (exact) mass is 482 g/mol. The van der Waals surface area contributed by atoms with E-state index in [1.165, 1.54) is 6.20 Å². The van der Waals surface area contributed by atoms with Crippen molar-refractivity contribution in [2.75, 3.05) is 33.4 Å². The summed E-state index contributed by atoms with van der Waals surface area (Å²) in [6.07, 6.45) is 5.32. The number of amides is 1. The van der Waals surface area contributed by atoms with Crippen LogP contribution in [0.5, 0.6) is 11.6 Å². The molecule has 188 valence electrons. The normalized spacial score (nSPS) is 11.0. The van der Waals surface area contributed by atoms with Gasteiger partial charge >= 0.3 is 0 Å². The number of rotatable bonds is 14. The van der Waals surface area contributed by atoms with Gasteiger partial charge < -0.3 is 19.5 Å². The van der Waals surface area contributed by atoms with E-state index >= 15 is 0 Å². The molecule has 1 amide bonds. The predicted octanol–water partition coefficient (Wildman–Crippen LogP) is 3.47. The van der Waals surface area contributed by atoms with Crippen molar-refractivity contribution in [2.45, 2.75) is 46.1 Å². The van der Waals surface area contributed by atoms with Crippen LogP contribution in [0.2, 0.25) is 0 Å². The van der Waals surface area contributed by atoms with Crippen molar-refractivity contribution in [1.29, 1.82) is 0 Å². The molecule has 1 aromatic carbocycles. The van der Waals surface area contributed by atoms with E-state index in [1.807, 2.05) is 4.90 Å². The molecule has 9 heteroatoms. The fraction of sp³-hybridized carbons (Fsp3) is 0.462. The van der Waals surface area contributed by atoms with Crippen LogP contribution < -0.4 is 9.47 Å². The zero-order valence-electron chi connectivity index (χ0n) is 20.7. The Bertz CT molecular complexity index is 1120. The predicted molar refractivity (Wildman–Crippen MR) is 133 cm³/mol. The molecule has 0 unspecified atom stereocenters.